The Kier molecular flexibility index (Phi) is 7.47. The standard InChI is InChI=1S/C22H25FN2O4/c1-13-8-9-16(10-14(13)2)11-20(22(28)29)25-21(27)19(24-15(3)26)12-17-6-4-5-7-18(17)23/h4-10,19-20H,11-12H2,1-3H3,(H,24,26)(H,25,27)(H,28,29)/t19-,20-/m1/s1. The first kappa shape index (κ1) is 22.1. The second-order valence-corrected chi connectivity index (χ2v) is 7.07. The van der Waals surface area contributed by atoms with Crippen molar-refractivity contribution in [3.63, 3.8) is 0 Å². The Morgan fingerprint density at radius 2 is 1.66 bits per heavy atom. The molecule has 0 aromatic heterocycles. The third kappa shape index (κ3) is 6.41. The van der Waals surface area contributed by atoms with Crippen LogP contribution in [0, 0.1) is 19.7 Å². The molecule has 0 heterocycles. The zero-order valence-electron chi connectivity index (χ0n) is 16.7. The molecule has 0 saturated heterocycles. The summed E-state index contributed by atoms with van der Waals surface area (Å²) in [4.78, 5) is 35.9. The van der Waals surface area contributed by atoms with Gasteiger partial charge in [0.25, 0.3) is 0 Å². The van der Waals surface area contributed by atoms with Gasteiger partial charge in [-0.05, 0) is 42.2 Å². The van der Waals surface area contributed by atoms with E-state index < -0.39 is 35.7 Å². The van der Waals surface area contributed by atoms with Crippen LogP contribution in [-0.4, -0.2) is 35.0 Å². The highest BCUT2D eigenvalue weighted by Crippen LogP contribution is 2.13. The van der Waals surface area contributed by atoms with Crippen molar-refractivity contribution in [3.8, 4) is 0 Å². The molecule has 2 aromatic carbocycles. The molecule has 0 aliphatic rings. The van der Waals surface area contributed by atoms with Crippen LogP contribution in [0.25, 0.3) is 0 Å². The molecule has 7 heteroatoms. The van der Waals surface area contributed by atoms with Crippen LogP contribution in [0.4, 0.5) is 4.39 Å². The van der Waals surface area contributed by atoms with Crippen molar-refractivity contribution < 1.29 is 23.9 Å². The minimum absolute atomic E-state index is 0.0892. The van der Waals surface area contributed by atoms with Gasteiger partial charge in [0, 0.05) is 19.8 Å². The highest BCUT2D eigenvalue weighted by molar-refractivity contribution is 5.90. The normalized spacial score (nSPS) is 12.7. The number of halogens is 1. The number of carboxylic acids is 1. The highest BCUT2D eigenvalue weighted by atomic mass is 19.1. The number of aliphatic carboxylic acids is 1. The predicted molar refractivity (Wildman–Crippen MR) is 107 cm³/mol. The lowest BCUT2D eigenvalue weighted by Gasteiger charge is -2.21. The number of hydrogen-bond acceptors (Lipinski definition) is 3. The van der Waals surface area contributed by atoms with Crippen LogP contribution in [0.15, 0.2) is 42.5 Å². The summed E-state index contributed by atoms with van der Waals surface area (Å²) in [5.74, 6) is -2.84. The maximum absolute atomic E-state index is 14.0. The summed E-state index contributed by atoms with van der Waals surface area (Å²) in [6.07, 6.45) is 0.00273. The second kappa shape index (κ2) is 9.82. The largest absolute Gasteiger partial charge is 0.480 e. The van der Waals surface area contributed by atoms with E-state index in [9.17, 15) is 23.9 Å². The van der Waals surface area contributed by atoms with Crippen molar-refractivity contribution in [1.29, 1.82) is 0 Å². The summed E-state index contributed by atoms with van der Waals surface area (Å²) in [5, 5.41) is 14.5. The highest BCUT2D eigenvalue weighted by Gasteiger charge is 2.27. The van der Waals surface area contributed by atoms with Gasteiger partial charge in [-0.3, -0.25) is 9.59 Å². The van der Waals surface area contributed by atoms with E-state index in [1.54, 1.807) is 6.07 Å². The first-order chi connectivity index (χ1) is 13.7. The molecule has 2 atom stereocenters. The fraction of sp³-hybridized carbons (Fsp3) is 0.318. The van der Waals surface area contributed by atoms with Gasteiger partial charge >= 0.3 is 5.97 Å². The lowest BCUT2D eigenvalue weighted by atomic mass is 10.00. The Hall–Kier alpha value is -3.22. The molecule has 0 bridgehead atoms. The average molecular weight is 400 g/mol. The topological polar surface area (TPSA) is 95.5 Å². The molecular formula is C22H25FN2O4. The Labute approximate surface area is 169 Å². The van der Waals surface area contributed by atoms with Crippen LogP contribution in [-0.2, 0) is 27.2 Å². The van der Waals surface area contributed by atoms with Gasteiger partial charge in [-0.15, -0.1) is 0 Å². The number of hydrogen-bond donors (Lipinski definition) is 3. The average Bonchev–Trinajstić information content (AvgIpc) is 2.64. The molecule has 2 amide bonds. The van der Waals surface area contributed by atoms with E-state index in [4.69, 9.17) is 0 Å². The van der Waals surface area contributed by atoms with Gasteiger partial charge in [-0.25, -0.2) is 9.18 Å². The molecule has 0 aliphatic carbocycles. The van der Waals surface area contributed by atoms with E-state index in [2.05, 4.69) is 10.6 Å². The fourth-order valence-electron chi connectivity index (χ4n) is 2.98. The molecular weight excluding hydrogens is 375 g/mol. The Morgan fingerprint density at radius 3 is 2.24 bits per heavy atom. The van der Waals surface area contributed by atoms with Gasteiger partial charge in [-0.1, -0.05) is 36.4 Å². The van der Waals surface area contributed by atoms with Crippen LogP contribution in [0.3, 0.4) is 0 Å². The predicted octanol–water partition coefficient (Wildman–Crippen LogP) is 2.30. The van der Waals surface area contributed by atoms with Crippen molar-refractivity contribution in [2.24, 2.45) is 0 Å². The van der Waals surface area contributed by atoms with Gasteiger partial charge < -0.3 is 15.7 Å². The molecule has 6 nitrogen and oxygen atoms in total. The van der Waals surface area contributed by atoms with Crippen LogP contribution in [0.1, 0.15) is 29.2 Å². The minimum atomic E-state index is -1.19. The second-order valence-electron chi connectivity index (χ2n) is 7.07. The molecule has 0 aliphatic heterocycles. The van der Waals surface area contributed by atoms with Crippen molar-refractivity contribution in [3.05, 3.63) is 70.5 Å². The van der Waals surface area contributed by atoms with Crippen LogP contribution in [0.5, 0.6) is 0 Å². The number of carbonyl (C=O) groups excluding carboxylic acids is 2. The Morgan fingerprint density at radius 1 is 0.966 bits per heavy atom. The van der Waals surface area contributed by atoms with Gasteiger partial charge in [0.2, 0.25) is 11.8 Å². The van der Waals surface area contributed by atoms with Crippen LogP contribution >= 0.6 is 0 Å². The van der Waals surface area contributed by atoms with Crippen LogP contribution < -0.4 is 10.6 Å². The van der Waals surface area contributed by atoms with Gasteiger partial charge in [0.05, 0.1) is 0 Å². The van der Waals surface area contributed by atoms with E-state index in [1.807, 2.05) is 32.0 Å². The number of amides is 2. The first-order valence-corrected chi connectivity index (χ1v) is 9.27. The third-order valence-electron chi connectivity index (χ3n) is 4.70. The minimum Gasteiger partial charge on any atom is -0.480 e. The molecule has 0 fully saturated rings. The summed E-state index contributed by atoms with van der Waals surface area (Å²) in [6.45, 7) is 5.12. The molecule has 0 radical (unpaired) electrons. The number of nitrogens with one attached hydrogen (secondary N) is 2. The van der Waals surface area contributed by atoms with Gasteiger partial charge in [0.15, 0.2) is 0 Å². The molecule has 0 spiro atoms. The SMILES string of the molecule is CC(=O)N[C@H](Cc1ccccc1F)C(=O)N[C@H](Cc1ccc(C)c(C)c1)C(=O)O. The zero-order valence-corrected chi connectivity index (χ0v) is 16.7. The lowest BCUT2D eigenvalue weighted by Crippen LogP contribution is -2.52. The summed E-state index contributed by atoms with van der Waals surface area (Å²) < 4.78 is 14.0. The molecule has 3 N–H and O–H groups in total. The molecule has 154 valence electrons. The maximum atomic E-state index is 14.0. The summed E-state index contributed by atoms with van der Waals surface area (Å²) >= 11 is 0. The zero-order chi connectivity index (χ0) is 21.6. The molecule has 0 unspecified atom stereocenters. The van der Waals surface area contributed by atoms with Crippen LogP contribution in [0.2, 0.25) is 0 Å². The molecule has 2 rings (SSSR count). The fourth-order valence-corrected chi connectivity index (χ4v) is 2.98. The Bertz CT molecular complexity index is 913. The lowest BCUT2D eigenvalue weighted by molar-refractivity contribution is -0.142. The summed E-state index contributed by atoms with van der Waals surface area (Å²) in [6, 6.07) is 9.24. The van der Waals surface area contributed by atoms with Gasteiger partial charge in [0.1, 0.15) is 17.9 Å². The first-order valence-electron chi connectivity index (χ1n) is 9.27. The van der Waals surface area contributed by atoms with Crippen molar-refractivity contribution in [2.45, 2.75) is 45.7 Å². The van der Waals surface area contributed by atoms with E-state index in [0.29, 0.717) is 0 Å². The number of aryl methyl sites for hydroxylation is 2. The number of carboxylic acid groups (broad SMARTS) is 1. The smallest absolute Gasteiger partial charge is 0.326 e. The van der Waals surface area contributed by atoms with Crippen molar-refractivity contribution in [1.82, 2.24) is 10.6 Å². The maximum Gasteiger partial charge on any atom is 0.326 e. The molecule has 2 aromatic rings. The quantitative estimate of drug-likeness (QED) is 0.634. The molecule has 29 heavy (non-hydrogen) atoms. The molecule has 0 saturated carbocycles. The number of benzene rings is 2. The van der Waals surface area contributed by atoms with Crippen molar-refractivity contribution in [2.75, 3.05) is 0 Å². The van der Waals surface area contributed by atoms with E-state index in [-0.39, 0.29) is 18.4 Å². The van der Waals surface area contributed by atoms with E-state index in [0.717, 1.165) is 16.7 Å². The monoisotopic (exact) mass is 400 g/mol. The Balaban J connectivity index is 2.17. The van der Waals surface area contributed by atoms with E-state index >= 15 is 0 Å². The summed E-state index contributed by atoms with van der Waals surface area (Å²) in [5.41, 5.74) is 3.13. The van der Waals surface area contributed by atoms with E-state index in [1.165, 1.54) is 25.1 Å². The van der Waals surface area contributed by atoms with Crippen molar-refractivity contribution >= 4 is 17.8 Å². The van der Waals surface area contributed by atoms with Gasteiger partial charge in [-0.2, -0.15) is 0 Å². The number of rotatable bonds is 8. The third-order valence-corrected chi connectivity index (χ3v) is 4.70. The summed E-state index contributed by atoms with van der Waals surface area (Å²) in [7, 11) is 0. The number of carbonyl (C=O) groups is 3.